The molecule has 0 radical (unpaired) electrons. The van der Waals surface area contributed by atoms with Crippen molar-refractivity contribution >= 4 is 5.91 Å². The third-order valence-corrected chi connectivity index (χ3v) is 5.73. The summed E-state index contributed by atoms with van der Waals surface area (Å²) in [5, 5.41) is 8.36. The smallest absolute Gasteiger partial charge is 0.276 e. The SMILES string of the molecule is O=C(c1cn(CCc2ccccc2)nn1)N1CCCC[C@@H]1CCc1ccccc1. The molecule has 1 aromatic heterocycles. The van der Waals surface area contributed by atoms with Crippen LogP contribution in [0.4, 0.5) is 0 Å². The summed E-state index contributed by atoms with van der Waals surface area (Å²) in [5.74, 6) is 0.0220. The van der Waals surface area contributed by atoms with E-state index in [1.54, 1.807) is 10.9 Å². The van der Waals surface area contributed by atoms with Crippen molar-refractivity contribution in [1.82, 2.24) is 19.9 Å². The lowest BCUT2D eigenvalue weighted by Crippen LogP contribution is -2.44. The molecule has 0 aliphatic carbocycles. The largest absolute Gasteiger partial charge is 0.334 e. The van der Waals surface area contributed by atoms with Crippen molar-refractivity contribution < 1.29 is 4.79 Å². The van der Waals surface area contributed by atoms with Crippen LogP contribution in [-0.2, 0) is 19.4 Å². The second kappa shape index (κ2) is 9.50. The van der Waals surface area contributed by atoms with Gasteiger partial charge in [-0.15, -0.1) is 5.10 Å². The van der Waals surface area contributed by atoms with E-state index in [1.165, 1.54) is 17.5 Å². The molecule has 1 amide bonds. The first-order valence-corrected chi connectivity index (χ1v) is 10.6. The number of carbonyl (C=O) groups is 1. The van der Waals surface area contributed by atoms with E-state index in [1.807, 2.05) is 29.2 Å². The number of nitrogens with zero attached hydrogens (tertiary/aromatic N) is 4. The maximum absolute atomic E-state index is 13.1. The Labute approximate surface area is 172 Å². The van der Waals surface area contributed by atoms with Gasteiger partial charge in [0.2, 0.25) is 0 Å². The lowest BCUT2D eigenvalue weighted by Gasteiger charge is -2.35. The van der Waals surface area contributed by atoms with E-state index >= 15 is 0 Å². The van der Waals surface area contributed by atoms with Gasteiger partial charge in [0.1, 0.15) is 0 Å². The average Bonchev–Trinajstić information content (AvgIpc) is 3.26. The molecule has 1 aliphatic rings. The minimum Gasteiger partial charge on any atom is -0.334 e. The van der Waals surface area contributed by atoms with Crippen molar-refractivity contribution in [2.75, 3.05) is 6.54 Å². The highest BCUT2D eigenvalue weighted by atomic mass is 16.2. The van der Waals surface area contributed by atoms with Crippen LogP contribution in [-0.4, -0.2) is 38.4 Å². The van der Waals surface area contributed by atoms with E-state index in [0.717, 1.165) is 45.2 Å². The molecule has 4 rings (SSSR count). The fraction of sp³-hybridized carbons (Fsp3) is 0.375. The maximum atomic E-state index is 13.1. The third kappa shape index (κ3) is 5.11. The van der Waals surface area contributed by atoms with Crippen LogP contribution in [0.25, 0.3) is 0 Å². The van der Waals surface area contributed by atoms with Gasteiger partial charge in [0.25, 0.3) is 5.91 Å². The number of hydrogen-bond acceptors (Lipinski definition) is 3. The molecular weight excluding hydrogens is 360 g/mol. The molecule has 1 atom stereocenters. The number of benzene rings is 2. The van der Waals surface area contributed by atoms with Gasteiger partial charge in [0.05, 0.1) is 6.20 Å². The van der Waals surface area contributed by atoms with Crippen molar-refractivity contribution in [1.29, 1.82) is 0 Å². The van der Waals surface area contributed by atoms with Crippen LogP contribution in [0.1, 0.15) is 47.3 Å². The molecule has 1 saturated heterocycles. The number of carbonyl (C=O) groups excluding carboxylic acids is 1. The van der Waals surface area contributed by atoms with Crippen LogP contribution in [0.2, 0.25) is 0 Å². The molecule has 0 N–H and O–H groups in total. The fourth-order valence-electron chi connectivity index (χ4n) is 4.09. The molecule has 150 valence electrons. The van der Waals surface area contributed by atoms with Gasteiger partial charge in [0, 0.05) is 19.1 Å². The summed E-state index contributed by atoms with van der Waals surface area (Å²) in [7, 11) is 0. The van der Waals surface area contributed by atoms with Crippen LogP contribution < -0.4 is 0 Å². The first-order chi connectivity index (χ1) is 14.3. The van der Waals surface area contributed by atoms with Crippen LogP contribution in [0, 0.1) is 0 Å². The van der Waals surface area contributed by atoms with E-state index in [0.29, 0.717) is 5.69 Å². The van der Waals surface area contributed by atoms with E-state index in [4.69, 9.17) is 0 Å². The van der Waals surface area contributed by atoms with Gasteiger partial charge in [-0.3, -0.25) is 9.48 Å². The van der Waals surface area contributed by atoms with Crippen LogP contribution in [0.5, 0.6) is 0 Å². The number of amides is 1. The van der Waals surface area contributed by atoms with Crippen LogP contribution in [0.3, 0.4) is 0 Å². The van der Waals surface area contributed by atoms with E-state index in [9.17, 15) is 4.79 Å². The second-order valence-electron chi connectivity index (χ2n) is 7.77. The summed E-state index contributed by atoms with van der Waals surface area (Å²) in [4.78, 5) is 15.1. The van der Waals surface area contributed by atoms with Gasteiger partial charge in [-0.2, -0.15) is 0 Å². The predicted octanol–water partition coefficient (Wildman–Crippen LogP) is 4.15. The van der Waals surface area contributed by atoms with Gasteiger partial charge in [0.15, 0.2) is 5.69 Å². The Bertz CT molecular complexity index is 907. The normalized spacial score (nSPS) is 16.7. The van der Waals surface area contributed by atoms with Gasteiger partial charge in [-0.05, 0) is 49.7 Å². The monoisotopic (exact) mass is 388 g/mol. The summed E-state index contributed by atoms with van der Waals surface area (Å²) >= 11 is 0. The summed E-state index contributed by atoms with van der Waals surface area (Å²) in [5.41, 5.74) is 3.05. The predicted molar refractivity (Wildman–Crippen MR) is 114 cm³/mol. The lowest BCUT2D eigenvalue weighted by atomic mass is 9.95. The van der Waals surface area contributed by atoms with Gasteiger partial charge in [-0.25, -0.2) is 0 Å². The standard InChI is InChI=1S/C24H28N4O/c29-24(23-19-27(26-25-23)18-16-21-11-5-2-6-12-21)28-17-8-7-13-22(28)15-14-20-9-3-1-4-10-20/h1-6,9-12,19,22H,7-8,13-18H2/t22-/m1/s1. The van der Waals surface area contributed by atoms with E-state index in [-0.39, 0.29) is 11.9 Å². The number of aromatic nitrogens is 3. The number of hydrogen-bond donors (Lipinski definition) is 0. The zero-order valence-corrected chi connectivity index (χ0v) is 16.8. The summed E-state index contributed by atoms with van der Waals surface area (Å²) < 4.78 is 1.78. The minimum atomic E-state index is 0.0220. The minimum absolute atomic E-state index is 0.0220. The fourth-order valence-corrected chi connectivity index (χ4v) is 4.09. The van der Waals surface area contributed by atoms with Crippen LogP contribution in [0.15, 0.2) is 66.9 Å². The van der Waals surface area contributed by atoms with Crippen molar-refractivity contribution in [3.63, 3.8) is 0 Å². The third-order valence-electron chi connectivity index (χ3n) is 5.73. The Morgan fingerprint density at radius 1 is 0.931 bits per heavy atom. The second-order valence-corrected chi connectivity index (χ2v) is 7.77. The first kappa shape index (κ1) is 19.4. The van der Waals surface area contributed by atoms with Crippen molar-refractivity contribution in [3.8, 4) is 0 Å². The average molecular weight is 389 g/mol. The molecule has 0 saturated carbocycles. The zero-order valence-electron chi connectivity index (χ0n) is 16.8. The maximum Gasteiger partial charge on any atom is 0.276 e. The molecule has 1 aliphatic heterocycles. The van der Waals surface area contributed by atoms with Crippen molar-refractivity contribution in [2.24, 2.45) is 0 Å². The van der Waals surface area contributed by atoms with Crippen molar-refractivity contribution in [2.45, 2.75) is 51.1 Å². The number of likely N-dealkylation sites (tertiary alicyclic amines) is 1. The highest BCUT2D eigenvalue weighted by molar-refractivity contribution is 5.92. The molecule has 1 fully saturated rings. The zero-order chi connectivity index (χ0) is 19.9. The number of rotatable bonds is 7. The van der Waals surface area contributed by atoms with E-state index in [2.05, 4.69) is 46.7 Å². The van der Waals surface area contributed by atoms with Gasteiger partial charge >= 0.3 is 0 Å². The molecule has 5 nitrogen and oxygen atoms in total. The number of aryl methyl sites for hydroxylation is 3. The van der Waals surface area contributed by atoms with Gasteiger partial charge < -0.3 is 4.90 Å². The molecule has 0 spiro atoms. The molecule has 29 heavy (non-hydrogen) atoms. The molecule has 3 aromatic rings. The number of piperidine rings is 1. The molecule has 0 bridgehead atoms. The Hall–Kier alpha value is -2.95. The summed E-state index contributed by atoms with van der Waals surface area (Å²) in [6, 6.07) is 21.1. The summed E-state index contributed by atoms with van der Waals surface area (Å²) in [6.45, 7) is 1.54. The van der Waals surface area contributed by atoms with Gasteiger partial charge in [-0.1, -0.05) is 65.9 Å². The first-order valence-electron chi connectivity index (χ1n) is 10.6. The topological polar surface area (TPSA) is 51.0 Å². The Balaban J connectivity index is 1.37. The molecule has 5 heteroatoms. The summed E-state index contributed by atoms with van der Waals surface area (Å²) in [6.07, 6.45) is 8.00. The molecule has 2 aromatic carbocycles. The highest BCUT2D eigenvalue weighted by Gasteiger charge is 2.28. The van der Waals surface area contributed by atoms with E-state index < -0.39 is 0 Å². The van der Waals surface area contributed by atoms with Crippen LogP contribution >= 0.6 is 0 Å². The Kier molecular flexibility index (Phi) is 6.35. The molecule has 0 unspecified atom stereocenters. The molecular formula is C24H28N4O. The molecule has 2 heterocycles. The Morgan fingerprint density at radius 3 is 2.34 bits per heavy atom. The quantitative estimate of drug-likeness (QED) is 0.611. The lowest BCUT2D eigenvalue weighted by molar-refractivity contribution is 0.0595. The Morgan fingerprint density at radius 2 is 1.62 bits per heavy atom. The highest BCUT2D eigenvalue weighted by Crippen LogP contribution is 2.23. The van der Waals surface area contributed by atoms with Crippen molar-refractivity contribution in [3.05, 3.63) is 83.7 Å².